The lowest BCUT2D eigenvalue weighted by atomic mass is 10.00. The van der Waals surface area contributed by atoms with Gasteiger partial charge in [-0.25, -0.2) is 4.98 Å². The van der Waals surface area contributed by atoms with Gasteiger partial charge in [-0.05, 0) is 42.5 Å². The SMILES string of the molecule is Cc1cccc(Cn2c3ccccc3c3nnc(SCCCC(=O)N4CCc5ccccc5C4)nc32)c1. The van der Waals surface area contributed by atoms with Crippen molar-refractivity contribution in [2.75, 3.05) is 12.3 Å². The van der Waals surface area contributed by atoms with Crippen LogP contribution >= 0.6 is 11.8 Å². The molecular formula is C30H29N5OS. The number of thioether (sulfide) groups is 1. The van der Waals surface area contributed by atoms with Crippen LogP contribution in [0.3, 0.4) is 0 Å². The molecular weight excluding hydrogens is 478 g/mol. The molecule has 6 nitrogen and oxygen atoms in total. The van der Waals surface area contributed by atoms with E-state index in [0.29, 0.717) is 11.6 Å². The van der Waals surface area contributed by atoms with Crippen molar-refractivity contribution in [2.24, 2.45) is 0 Å². The molecule has 0 saturated heterocycles. The molecule has 1 aliphatic rings. The number of carbonyl (C=O) groups is 1. The molecule has 0 radical (unpaired) electrons. The van der Waals surface area contributed by atoms with Crippen LogP contribution in [0, 0.1) is 6.92 Å². The van der Waals surface area contributed by atoms with Crippen LogP contribution in [0.2, 0.25) is 0 Å². The van der Waals surface area contributed by atoms with Crippen LogP contribution in [0.4, 0.5) is 0 Å². The number of fused-ring (bicyclic) bond motifs is 4. The number of benzene rings is 3. The van der Waals surface area contributed by atoms with Crippen LogP contribution in [-0.4, -0.2) is 42.9 Å². The third-order valence-corrected chi connectivity index (χ3v) is 7.95. The fraction of sp³-hybridized carbons (Fsp3) is 0.267. The first kappa shape index (κ1) is 23.7. The van der Waals surface area contributed by atoms with Crippen molar-refractivity contribution in [3.05, 3.63) is 95.1 Å². The zero-order chi connectivity index (χ0) is 25.2. The largest absolute Gasteiger partial charge is 0.338 e. The third-order valence-electron chi connectivity index (χ3n) is 7.03. The highest BCUT2D eigenvalue weighted by molar-refractivity contribution is 7.99. The van der Waals surface area contributed by atoms with Crippen molar-refractivity contribution in [2.45, 2.75) is 44.4 Å². The number of hydrogen-bond acceptors (Lipinski definition) is 5. The van der Waals surface area contributed by atoms with Crippen molar-refractivity contribution in [3.8, 4) is 0 Å². The molecule has 0 bridgehead atoms. The van der Waals surface area contributed by atoms with Crippen LogP contribution in [0.15, 0.2) is 78.0 Å². The third kappa shape index (κ3) is 4.96. The molecule has 6 rings (SSSR count). The van der Waals surface area contributed by atoms with E-state index in [4.69, 9.17) is 4.98 Å². The average molecular weight is 508 g/mol. The highest BCUT2D eigenvalue weighted by Gasteiger charge is 2.20. The summed E-state index contributed by atoms with van der Waals surface area (Å²) in [5, 5.41) is 10.7. The maximum atomic E-state index is 12.8. The van der Waals surface area contributed by atoms with Gasteiger partial charge in [-0.15, -0.1) is 10.2 Å². The molecule has 3 heterocycles. The van der Waals surface area contributed by atoms with E-state index in [-0.39, 0.29) is 5.91 Å². The van der Waals surface area contributed by atoms with Gasteiger partial charge in [0.25, 0.3) is 0 Å². The molecule has 0 fully saturated rings. The predicted octanol–water partition coefficient (Wildman–Crippen LogP) is 5.79. The number of carbonyl (C=O) groups excluding carboxylic acids is 1. The van der Waals surface area contributed by atoms with E-state index < -0.39 is 0 Å². The normalized spacial score (nSPS) is 13.3. The second-order valence-corrected chi connectivity index (χ2v) is 10.7. The first-order valence-corrected chi connectivity index (χ1v) is 13.8. The molecule has 7 heteroatoms. The Kier molecular flexibility index (Phi) is 6.62. The molecule has 0 unspecified atom stereocenters. The van der Waals surface area contributed by atoms with Gasteiger partial charge in [0.15, 0.2) is 5.65 Å². The summed E-state index contributed by atoms with van der Waals surface area (Å²) >= 11 is 1.57. The van der Waals surface area contributed by atoms with E-state index in [2.05, 4.69) is 88.4 Å². The molecule has 0 atom stereocenters. The van der Waals surface area contributed by atoms with Gasteiger partial charge in [0.2, 0.25) is 11.1 Å². The monoisotopic (exact) mass is 507 g/mol. The zero-order valence-electron chi connectivity index (χ0n) is 20.9. The predicted molar refractivity (Wildman–Crippen MR) is 149 cm³/mol. The number of rotatable bonds is 7. The molecule has 0 spiro atoms. The molecule has 1 aliphatic heterocycles. The fourth-order valence-electron chi connectivity index (χ4n) is 5.16. The number of nitrogens with zero attached hydrogens (tertiary/aromatic N) is 5. The van der Waals surface area contributed by atoms with E-state index in [0.717, 1.165) is 60.3 Å². The Morgan fingerprint density at radius 2 is 1.81 bits per heavy atom. The van der Waals surface area contributed by atoms with Gasteiger partial charge in [0.05, 0.1) is 5.52 Å². The van der Waals surface area contributed by atoms with Crippen molar-refractivity contribution >= 4 is 39.7 Å². The Hall–Kier alpha value is -3.71. The Morgan fingerprint density at radius 3 is 2.70 bits per heavy atom. The molecule has 0 aliphatic carbocycles. The van der Waals surface area contributed by atoms with Crippen LogP contribution < -0.4 is 0 Å². The van der Waals surface area contributed by atoms with Gasteiger partial charge in [-0.2, -0.15) is 0 Å². The standard InChI is InChI=1S/C30H29N5OS/c1-21-8-6-9-22(18-21)19-35-26-13-5-4-12-25(26)28-29(35)31-30(33-32-28)37-17-7-14-27(36)34-16-15-23-10-2-3-11-24(23)20-34/h2-6,8-13,18H,7,14-17,19-20H2,1H3. The summed E-state index contributed by atoms with van der Waals surface area (Å²) in [5.41, 5.74) is 7.89. The number of amides is 1. The summed E-state index contributed by atoms with van der Waals surface area (Å²) in [4.78, 5) is 19.7. The fourth-order valence-corrected chi connectivity index (χ4v) is 5.88. The summed E-state index contributed by atoms with van der Waals surface area (Å²) in [6.45, 7) is 4.36. The van der Waals surface area contributed by atoms with Gasteiger partial charge in [-0.1, -0.05) is 84.1 Å². The lowest BCUT2D eigenvalue weighted by molar-refractivity contribution is -0.132. The lowest BCUT2D eigenvalue weighted by Gasteiger charge is -2.29. The first-order chi connectivity index (χ1) is 18.2. The maximum absolute atomic E-state index is 12.8. The number of aryl methyl sites for hydroxylation is 1. The van der Waals surface area contributed by atoms with E-state index in [9.17, 15) is 4.79 Å². The summed E-state index contributed by atoms with van der Waals surface area (Å²) in [6.07, 6.45) is 2.26. The molecule has 1 amide bonds. The Bertz CT molecular complexity index is 1590. The topological polar surface area (TPSA) is 63.9 Å². The first-order valence-electron chi connectivity index (χ1n) is 12.8. The van der Waals surface area contributed by atoms with Crippen LogP contribution in [0.1, 0.15) is 35.1 Å². The summed E-state index contributed by atoms with van der Waals surface area (Å²) in [7, 11) is 0. The quantitative estimate of drug-likeness (QED) is 0.206. The van der Waals surface area contributed by atoms with Crippen LogP contribution in [-0.2, 0) is 24.3 Å². The molecule has 0 saturated carbocycles. The number of hydrogen-bond donors (Lipinski definition) is 0. The van der Waals surface area contributed by atoms with E-state index in [1.807, 2.05) is 11.0 Å². The van der Waals surface area contributed by atoms with E-state index >= 15 is 0 Å². The van der Waals surface area contributed by atoms with Gasteiger partial charge in [0, 0.05) is 37.2 Å². The van der Waals surface area contributed by atoms with Crippen molar-refractivity contribution < 1.29 is 4.79 Å². The average Bonchev–Trinajstić information content (AvgIpc) is 3.23. The van der Waals surface area contributed by atoms with Gasteiger partial charge in [-0.3, -0.25) is 4.79 Å². The zero-order valence-corrected chi connectivity index (χ0v) is 21.7. The highest BCUT2D eigenvalue weighted by atomic mass is 32.2. The number of para-hydroxylation sites is 1. The van der Waals surface area contributed by atoms with Crippen LogP contribution in [0.5, 0.6) is 0 Å². The minimum absolute atomic E-state index is 0.225. The number of aromatic nitrogens is 4. The molecule has 3 aromatic carbocycles. The lowest BCUT2D eigenvalue weighted by Crippen LogP contribution is -2.35. The van der Waals surface area contributed by atoms with E-state index in [1.54, 1.807) is 11.8 Å². The van der Waals surface area contributed by atoms with Gasteiger partial charge in [0.1, 0.15) is 5.52 Å². The maximum Gasteiger partial charge on any atom is 0.222 e. The summed E-state index contributed by atoms with van der Waals surface area (Å²) < 4.78 is 2.23. The Morgan fingerprint density at radius 1 is 0.973 bits per heavy atom. The minimum Gasteiger partial charge on any atom is -0.338 e. The molecule has 2 aromatic heterocycles. The van der Waals surface area contributed by atoms with Crippen molar-refractivity contribution in [1.82, 2.24) is 24.6 Å². The van der Waals surface area contributed by atoms with Crippen molar-refractivity contribution in [3.63, 3.8) is 0 Å². The van der Waals surface area contributed by atoms with E-state index in [1.165, 1.54) is 22.3 Å². The van der Waals surface area contributed by atoms with Gasteiger partial charge >= 0.3 is 0 Å². The highest BCUT2D eigenvalue weighted by Crippen LogP contribution is 2.28. The molecule has 37 heavy (non-hydrogen) atoms. The second-order valence-electron chi connectivity index (χ2n) is 9.64. The molecule has 186 valence electrons. The molecule has 0 N–H and O–H groups in total. The minimum atomic E-state index is 0.225. The Balaban J connectivity index is 1.14. The van der Waals surface area contributed by atoms with Gasteiger partial charge < -0.3 is 9.47 Å². The smallest absolute Gasteiger partial charge is 0.222 e. The summed E-state index contributed by atoms with van der Waals surface area (Å²) in [6, 6.07) is 25.3. The van der Waals surface area contributed by atoms with Crippen LogP contribution in [0.25, 0.3) is 22.1 Å². The Labute approximate surface area is 220 Å². The van der Waals surface area contributed by atoms with Crippen molar-refractivity contribution in [1.29, 1.82) is 0 Å². The molecule has 5 aromatic rings. The summed E-state index contributed by atoms with van der Waals surface area (Å²) in [5.74, 6) is 1.00. The second kappa shape index (κ2) is 10.3.